The van der Waals surface area contributed by atoms with Gasteiger partial charge in [-0.3, -0.25) is 19.6 Å². The number of halogens is 4. The molecule has 0 saturated carbocycles. The number of pyridine rings is 1. The van der Waals surface area contributed by atoms with E-state index in [1.165, 1.54) is 11.8 Å². The Hall–Kier alpha value is -1.44. The average molecular weight is 544 g/mol. The molecular formula is C21H15BrCl3N3OS. The third-order valence-electron chi connectivity index (χ3n) is 4.52. The van der Waals surface area contributed by atoms with E-state index in [1.807, 2.05) is 54.6 Å². The maximum atomic E-state index is 13.6. The molecule has 1 amide bonds. The first-order valence-electron chi connectivity index (χ1n) is 8.92. The van der Waals surface area contributed by atoms with Crippen LogP contribution in [0.1, 0.15) is 16.1 Å². The van der Waals surface area contributed by atoms with Crippen LogP contribution in [0.2, 0.25) is 0 Å². The van der Waals surface area contributed by atoms with Crippen molar-refractivity contribution in [2.24, 2.45) is 0 Å². The first-order chi connectivity index (χ1) is 14.4. The molecule has 0 N–H and O–H groups in total. The molecule has 0 bridgehead atoms. The van der Waals surface area contributed by atoms with Gasteiger partial charge in [0.2, 0.25) is 0 Å². The van der Waals surface area contributed by atoms with Gasteiger partial charge in [-0.1, -0.05) is 75.0 Å². The first kappa shape index (κ1) is 21.8. The summed E-state index contributed by atoms with van der Waals surface area (Å²) in [6.07, 6.45) is 1.73. The lowest BCUT2D eigenvalue weighted by Gasteiger charge is -2.47. The lowest BCUT2D eigenvalue weighted by atomic mass is 10.1. The van der Waals surface area contributed by atoms with Crippen molar-refractivity contribution >= 4 is 79.8 Å². The lowest BCUT2D eigenvalue weighted by Crippen LogP contribution is -2.58. The minimum absolute atomic E-state index is 0.165. The predicted molar refractivity (Wildman–Crippen MR) is 129 cm³/mol. The number of thioether (sulfide) groups is 1. The van der Waals surface area contributed by atoms with Crippen molar-refractivity contribution < 1.29 is 4.79 Å². The standard InChI is InChI=1S/C21H15BrCl3N3OS/c22-14-9-10-18-17(12-14)19(29)27(16-7-2-1-3-8-16)20(28(18)21(23,24)25)30-13-15-6-4-5-11-26-15/h1-12,20H,13H2. The van der Waals surface area contributed by atoms with Crippen molar-refractivity contribution in [3.8, 4) is 0 Å². The number of rotatable bonds is 4. The number of para-hydroxylation sites is 1. The van der Waals surface area contributed by atoms with E-state index in [-0.39, 0.29) is 5.91 Å². The Morgan fingerprint density at radius 2 is 1.77 bits per heavy atom. The summed E-state index contributed by atoms with van der Waals surface area (Å²) in [6.45, 7) is 0. The van der Waals surface area contributed by atoms with E-state index in [0.29, 0.717) is 22.7 Å². The van der Waals surface area contributed by atoms with Crippen LogP contribution in [0.4, 0.5) is 11.4 Å². The van der Waals surface area contributed by atoms with Gasteiger partial charge in [0.15, 0.2) is 5.50 Å². The van der Waals surface area contributed by atoms with Crippen LogP contribution in [-0.4, -0.2) is 20.3 Å². The highest BCUT2D eigenvalue weighted by molar-refractivity contribution is 9.10. The molecule has 1 unspecified atom stereocenters. The number of alkyl halides is 3. The Bertz CT molecular complexity index is 1050. The summed E-state index contributed by atoms with van der Waals surface area (Å²) >= 11 is 24.2. The largest absolute Gasteiger partial charge is 0.297 e. The predicted octanol–water partition coefficient (Wildman–Crippen LogP) is 6.86. The third kappa shape index (κ3) is 4.43. The summed E-state index contributed by atoms with van der Waals surface area (Å²) in [5, 5.41) is 0. The van der Waals surface area contributed by atoms with Crippen molar-refractivity contribution in [3.05, 3.63) is 88.7 Å². The second-order valence-corrected chi connectivity index (χ2v) is 10.6. The zero-order chi connectivity index (χ0) is 21.3. The van der Waals surface area contributed by atoms with Crippen LogP contribution in [0, 0.1) is 0 Å². The molecule has 1 aromatic heterocycles. The SMILES string of the molecule is O=C1c2cc(Br)ccc2N(C(Cl)(Cl)Cl)C(SCc2ccccn2)N1c1ccccc1. The van der Waals surface area contributed by atoms with Crippen LogP contribution in [0.25, 0.3) is 0 Å². The molecular weight excluding hydrogens is 529 g/mol. The molecule has 2 aromatic carbocycles. The third-order valence-corrected chi connectivity index (χ3v) is 6.74. The number of benzene rings is 2. The smallest absolute Gasteiger partial charge is 0.270 e. The molecule has 30 heavy (non-hydrogen) atoms. The van der Waals surface area contributed by atoms with Crippen molar-refractivity contribution in [2.75, 3.05) is 9.80 Å². The number of fused-ring (bicyclic) bond motifs is 1. The quantitative estimate of drug-likeness (QED) is 0.266. The Kier molecular flexibility index (Phi) is 6.51. The number of hydrogen-bond acceptors (Lipinski definition) is 4. The molecule has 9 heteroatoms. The Morgan fingerprint density at radius 3 is 2.43 bits per heavy atom. The molecule has 154 valence electrons. The van der Waals surface area contributed by atoms with Gasteiger partial charge >= 0.3 is 0 Å². The average Bonchev–Trinajstić information content (AvgIpc) is 2.73. The number of hydrogen-bond donors (Lipinski definition) is 0. The summed E-state index contributed by atoms with van der Waals surface area (Å²) in [6, 6.07) is 20.4. The molecule has 1 aliphatic heterocycles. The number of carbonyl (C=O) groups excluding carboxylic acids is 1. The Labute approximate surface area is 202 Å². The van der Waals surface area contributed by atoms with Crippen LogP contribution < -0.4 is 9.80 Å². The zero-order valence-corrected chi connectivity index (χ0v) is 20.1. The highest BCUT2D eigenvalue weighted by atomic mass is 79.9. The minimum atomic E-state index is -1.78. The van der Waals surface area contributed by atoms with Gasteiger partial charge in [-0.2, -0.15) is 0 Å². The second kappa shape index (κ2) is 8.97. The van der Waals surface area contributed by atoms with E-state index in [2.05, 4.69) is 20.9 Å². The number of anilines is 2. The molecule has 0 aliphatic carbocycles. The summed E-state index contributed by atoms with van der Waals surface area (Å²) in [5.74, 6) is 0.368. The molecule has 3 aromatic rings. The van der Waals surface area contributed by atoms with Crippen molar-refractivity contribution in [2.45, 2.75) is 15.2 Å². The van der Waals surface area contributed by atoms with Gasteiger partial charge < -0.3 is 0 Å². The summed E-state index contributed by atoms with van der Waals surface area (Å²) in [4.78, 5) is 21.3. The fourth-order valence-electron chi connectivity index (χ4n) is 3.24. The van der Waals surface area contributed by atoms with E-state index >= 15 is 0 Å². The van der Waals surface area contributed by atoms with E-state index in [9.17, 15) is 4.79 Å². The molecule has 0 spiro atoms. The van der Waals surface area contributed by atoms with Crippen LogP contribution >= 0.6 is 62.5 Å². The monoisotopic (exact) mass is 541 g/mol. The molecule has 1 aliphatic rings. The first-order valence-corrected chi connectivity index (χ1v) is 11.9. The molecule has 0 radical (unpaired) electrons. The lowest BCUT2D eigenvalue weighted by molar-refractivity contribution is 0.0978. The van der Waals surface area contributed by atoms with Crippen molar-refractivity contribution in [1.82, 2.24) is 4.98 Å². The van der Waals surface area contributed by atoms with Gasteiger partial charge in [0.05, 0.1) is 16.9 Å². The molecule has 4 nitrogen and oxygen atoms in total. The molecule has 4 rings (SSSR count). The molecule has 0 fully saturated rings. The van der Waals surface area contributed by atoms with E-state index in [0.717, 1.165) is 10.2 Å². The fraction of sp³-hybridized carbons (Fsp3) is 0.143. The van der Waals surface area contributed by atoms with Gasteiger partial charge in [-0.25, -0.2) is 0 Å². The van der Waals surface area contributed by atoms with Crippen LogP contribution in [0.5, 0.6) is 0 Å². The molecule has 1 atom stereocenters. The van der Waals surface area contributed by atoms with Crippen LogP contribution in [0.3, 0.4) is 0 Å². The fourth-order valence-corrected chi connectivity index (χ4v) is 5.60. The second-order valence-electron chi connectivity index (χ2n) is 6.47. The van der Waals surface area contributed by atoms with Gasteiger partial charge in [0.1, 0.15) is 0 Å². The van der Waals surface area contributed by atoms with Gasteiger partial charge in [-0.15, -0.1) is 11.8 Å². The van der Waals surface area contributed by atoms with Crippen molar-refractivity contribution in [1.29, 1.82) is 0 Å². The molecule has 2 heterocycles. The number of amides is 1. The van der Waals surface area contributed by atoms with Crippen LogP contribution in [-0.2, 0) is 5.75 Å². The Morgan fingerprint density at radius 1 is 1.03 bits per heavy atom. The van der Waals surface area contributed by atoms with Gasteiger partial charge in [0.25, 0.3) is 9.82 Å². The minimum Gasteiger partial charge on any atom is -0.297 e. The summed E-state index contributed by atoms with van der Waals surface area (Å²) in [7, 11) is 0. The van der Waals surface area contributed by atoms with Gasteiger partial charge in [0, 0.05) is 22.1 Å². The summed E-state index contributed by atoms with van der Waals surface area (Å²) in [5.41, 5.74) is 2.01. The number of aromatic nitrogens is 1. The van der Waals surface area contributed by atoms with E-state index in [1.54, 1.807) is 28.1 Å². The topological polar surface area (TPSA) is 36.4 Å². The Balaban J connectivity index is 1.84. The van der Waals surface area contributed by atoms with Crippen LogP contribution in [0.15, 0.2) is 77.4 Å². The maximum Gasteiger partial charge on any atom is 0.270 e. The van der Waals surface area contributed by atoms with Crippen molar-refractivity contribution in [3.63, 3.8) is 0 Å². The van der Waals surface area contributed by atoms with Gasteiger partial charge in [-0.05, 0) is 42.5 Å². The molecule has 0 saturated heterocycles. The normalized spacial score (nSPS) is 16.5. The number of nitrogens with zero attached hydrogens (tertiary/aromatic N) is 3. The zero-order valence-electron chi connectivity index (χ0n) is 15.4. The number of carbonyl (C=O) groups is 1. The highest BCUT2D eigenvalue weighted by Gasteiger charge is 2.46. The highest BCUT2D eigenvalue weighted by Crippen LogP contribution is 2.47. The van der Waals surface area contributed by atoms with E-state index in [4.69, 9.17) is 34.8 Å². The summed E-state index contributed by atoms with van der Waals surface area (Å²) < 4.78 is -1.01. The van der Waals surface area contributed by atoms with E-state index < -0.39 is 9.41 Å². The maximum absolute atomic E-state index is 13.6.